The molecule has 0 aliphatic heterocycles. The molecule has 1 saturated carbocycles. The Kier molecular flexibility index (Phi) is 4.73. The lowest BCUT2D eigenvalue weighted by Crippen LogP contribution is -2.37. The smallest absolute Gasteiger partial charge is 0.306 e. The molecule has 16 heavy (non-hydrogen) atoms. The van der Waals surface area contributed by atoms with Crippen LogP contribution in [0.25, 0.3) is 0 Å². The van der Waals surface area contributed by atoms with E-state index in [9.17, 15) is 13.2 Å². The van der Waals surface area contributed by atoms with Crippen molar-refractivity contribution in [2.24, 2.45) is 5.92 Å². The summed E-state index contributed by atoms with van der Waals surface area (Å²) >= 11 is 0. The molecule has 94 valence electrons. The monoisotopic (exact) mass is 249 g/mol. The van der Waals surface area contributed by atoms with Crippen LogP contribution in [0, 0.1) is 5.92 Å². The average molecular weight is 249 g/mol. The van der Waals surface area contributed by atoms with Crippen LogP contribution in [0.5, 0.6) is 0 Å². The average Bonchev–Trinajstić information content (AvgIpc) is 2.16. The van der Waals surface area contributed by atoms with Crippen LogP contribution in [0.3, 0.4) is 0 Å². The Balaban J connectivity index is 2.20. The normalized spacial score (nSPS) is 26.6. The summed E-state index contributed by atoms with van der Waals surface area (Å²) in [5.41, 5.74) is 0. The number of rotatable bonds is 5. The molecule has 0 spiro atoms. The Labute approximate surface area is 96.1 Å². The molecule has 0 aromatic rings. The molecule has 0 atom stereocenters. The Bertz CT molecular complexity index is 331. The van der Waals surface area contributed by atoms with Crippen molar-refractivity contribution in [3.8, 4) is 0 Å². The molecule has 0 amide bonds. The van der Waals surface area contributed by atoms with Gasteiger partial charge in [-0.2, -0.15) is 0 Å². The van der Waals surface area contributed by atoms with Crippen LogP contribution in [0.1, 0.15) is 25.7 Å². The largest absolute Gasteiger partial charge is 0.481 e. The Morgan fingerprint density at radius 3 is 2.31 bits per heavy atom. The SMILES string of the molecule is CS(=O)(=O)CCNC1CCC(C(=O)O)CC1. The number of aliphatic carboxylic acids is 1. The molecule has 1 aliphatic carbocycles. The van der Waals surface area contributed by atoms with E-state index in [0.29, 0.717) is 19.4 Å². The highest BCUT2D eigenvalue weighted by atomic mass is 32.2. The first kappa shape index (κ1) is 13.4. The van der Waals surface area contributed by atoms with Crippen molar-refractivity contribution in [2.75, 3.05) is 18.6 Å². The van der Waals surface area contributed by atoms with Crippen LogP contribution in [-0.2, 0) is 14.6 Å². The number of carboxylic acid groups (broad SMARTS) is 1. The third kappa shape index (κ3) is 4.94. The van der Waals surface area contributed by atoms with E-state index in [1.807, 2.05) is 0 Å². The van der Waals surface area contributed by atoms with Gasteiger partial charge in [-0.25, -0.2) is 8.42 Å². The molecule has 0 heterocycles. The van der Waals surface area contributed by atoms with E-state index >= 15 is 0 Å². The van der Waals surface area contributed by atoms with Gasteiger partial charge in [-0.1, -0.05) is 0 Å². The molecule has 0 aromatic heterocycles. The van der Waals surface area contributed by atoms with E-state index in [1.54, 1.807) is 0 Å². The molecule has 0 radical (unpaired) electrons. The molecule has 0 bridgehead atoms. The van der Waals surface area contributed by atoms with Crippen molar-refractivity contribution in [1.82, 2.24) is 5.32 Å². The number of sulfone groups is 1. The molecule has 1 rings (SSSR count). The van der Waals surface area contributed by atoms with Gasteiger partial charge in [-0.05, 0) is 25.7 Å². The number of nitrogens with one attached hydrogen (secondary N) is 1. The zero-order chi connectivity index (χ0) is 12.2. The Hall–Kier alpha value is -0.620. The third-order valence-corrected chi connectivity index (χ3v) is 3.93. The number of hydrogen-bond donors (Lipinski definition) is 2. The van der Waals surface area contributed by atoms with Gasteiger partial charge in [0.15, 0.2) is 0 Å². The number of carbonyl (C=O) groups is 1. The fourth-order valence-electron chi connectivity index (χ4n) is 1.99. The van der Waals surface area contributed by atoms with Gasteiger partial charge in [0.25, 0.3) is 0 Å². The minimum Gasteiger partial charge on any atom is -0.481 e. The topological polar surface area (TPSA) is 83.5 Å². The fraction of sp³-hybridized carbons (Fsp3) is 0.900. The van der Waals surface area contributed by atoms with Crippen LogP contribution in [0.2, 0.25) is 0 Å². The molecule has 6 heteroatoms. The van der Waals surface area contributed by atoms with E-state index in [4.69, 9.17) is 5.11 Å². The van der Waals surface area contributed by atoms with Crippen molar-refractivity contribution in [2.45, 2.75) is 31.7 Å². The highest BCUT2D eigenvalue weighted by Crippen LogP contribution is 2.24. The van der Waals surface area contributed by atoms with Crippen molar-refractivity contribution >= 4 is 15.8 Å². The maximum atomic E-state index is 10.9. The summed E-state index contributed by atoms with van der Waals surface area (Å²) in [5.74, 6) is -0.783. The van der Waals surface area contributed by atoms with Crippen molar-refractivity contribution in [1.29, 1.82) is 0 Å². The predicted octanol–water partition coefficient (Wildman–Crippen LogP) is 0.264. The highest BCUT2D eigenvalue weighted by molar-refractivity contribution is 7.90. The summed E-state index contributed by atoms with van der Waals surface area (Å²) in [4.78, 5) is 10.7. The minimum absolute atomic E-state index is 0.145. The predicted molar refractivity (Wildman–Crippen MR) is 61.1 cm³/mol. The van der Waals surface area contributed by atoms with Crippen LogP contribution < -0.4 is 5.32 Å². The molecule has 5 nitrogen and oxygen atoms in total. The lowest BCUT2D eigenvalue weighted by molar-refractivity contribution is -0.142. The summed E-state index contributed by atoms with van der Waals surface area (Å²) in [6.45, 7) is 0.460. The number of hydrogen-bond acceptors (Lipinski definition) is 4. The summed E-state index contributed by atoms with van der Waals surface area (Å²) in [6, 6.07) is 0.275. The van der Waals surface area contributed by atoms with Crippen LogP contribution >= 0.6 is 0 Å². The second-order valence-electron chi connectivity index (χ2n) is 4.47. The van der Waals surface area contributed by atoms with Gasteiger partial charge in [0.2, 0.25) is 0 Å². The minimum atomic E-state index is -2.91. The van der Waals surface area contributed by atoms with Crippen molar-refractivity contribution in [3.63, 3.8) is 0 Å². The maximum absolute atomic E-state index is 10.9. The Morgan fingerprint density at radius 2 is 1.88 bits per heavy atom. The molecule has 2 N–H and O–H groups in total. The summed E-state index contributed by atoms with van der Waals surface area (Å²) in [6.07, 6.45) is 4.23. The van der Waals surface area contributed by atoms with Gasteiger partial charge < -0.3 is 10.4 Å². The molecule has 0 unspecified atom stereocenters. The van der Waals surface area contributed by atoms with E-state index in [2.05, 4.69) is 5.32 Å². The van der Waals surface area contributed by atoms with Crippen molar-refractivity contribution in [3.05, 3.63) is 0 Å². The van der Waals surface area contributed by atoms with Crippen LogP contribution in [0.15, 0.2) is 0 Å². The third-order valence-electron chi connectivity index (χ3n) is 2.98. The molecule has 0 aromatic carbocycles. The van der Waals surface area contributed by atoms with Gasteiger partial charge in [0.05, 0.1) is 11.7 Å². The molecule has 1 fully saturated rings. The van der Waals surface area contributed by atoms with Gasteiger partial charge in [-0.3, -0.25) is 4.79 Å². The van der Waals surface area contributed by atoms with E-state index in [1.165, 1.54) is 6.26 Å². The first-order valence-corrected chi connectivity index (χ1v) is 7.58. The Morgan fingerprint density at radius 1 is 1.31 bits per heavy atom. The molecule has 1 aliphatic rings. The maximum Gasteiger partial charge on any atom is 0.306 e. The van der Waals surface area contributed by atoms with Crippen LogP contribution in [0.4, 0.5) is 0 Å². The van der Waals surface area contributed by atoms with Gasteiger partial charge in [0, 0.05) is 18.8 Å². The first-order valence-electron chi connectivity index (χ1n) is 5.52. The standard InChI is InChI=1S/C10H19NO4S/c1-16(14,15)7-6-11-9-4-2-8(3-5-9)10(12)13/h8-9,11H,2-7H2,1H3,(H,12,13). The van der Waals surface area contributed by atoms with E-state index < -0.39 is 15.8 Å². The zero-order valence-corrected chi connectivity index (χ0v) is 10.3. The van der Waals surface area contributed by atoms with E-state index in [-0.39, 0.29) is 17.7 Å². The van der Waals surface area contributed by atoms with Gasteiger partial charge in [0.1, 0.15) is 9.84 Å². The summed E-state index contributed by atoms with van der Waals surface area (Å²) in [5, 5.41) is 12.0. The van der Waals surface area contributed by atoms with Gasteiger partial charge >= 0.3 is 5.97 Å². The quantitative estimate of drug-likeness (QED) is 0.730. The lowest BCUT2D eigenvalue weighted by Gasteiger charge is -2.26. The fourth-order valence-corrected chi connectivity index (χ4v) is 2.48. The van der Waals surface area contributed by atoms with Crippen molar-refractivity contribution < 1.29 is 18.3 Å². The second kappa shape index (κ2) is 5.63. The molecule has 0 saturated heterocycles. The molecular weight excluding hydrogens is 230 g/mol. The highest BCUT2D eigenvalue weighted by Gasteiger charge is 2.25. The number of carboxylic acids is 1. The first-order chi connectivity index (χ1) is 7.38. The van der Waals surface area contributed by atoms with Gasteiger partial charge in [-0.15, -0.1) is 0 Å². The summed E-state index contributed by atoms with van der Waals surface area (Å²) in [7, 11) is -2.91. The van der Waals surface area contributed by atoms with Crippen LogP contribution in [-0.4, -0.2) is 44.1 Å². The summed E-state index contributed by atoms with van der Waals surface area (Å²) < 4.78 is 21.8. The lowest BCUT2D eigenvalue weighted by atomic mass is 9.86. The van der Waals surface area contributed by atoms with E-state index in [0.717, 1.165) is 12.8 Å². The zero-order valence-electron chi connectivity index (χ0n) is 9.48. The second-order valence-corrected chi connectivity index (χ2v) is 6.73. The molecular formula is C10H19NO4S.